The van der Waals surface area contributed by atoms with Gasteiger partial charge in [-0.2, -0.15) is 5.10 Å². The van der Waals surface area contributed by atoms with Crippen molar-refractivity contribution in [2.45, 2.75) is 39.9 Å². The van der Waals surface area contributed by atoms with Crippen molar-refractivity contribution in [3.05, 3.63) is 58.3 Å². The summed E-state index contributed by atoms with van der Waals surface area (Å²) in [6.45, 7) is 6.54. The Hall–Kier alpha value is -2.34. The molecule has 2 aromatic heterocycles. The fraction of sp³-hybridized carbons (Fsp3) is 0.389. The van der Waals surface area contributed by atoms with E-state index < -0.39 is 0 Å². The zero-order chi connectivity index (χ0) is 17.8. The Kier molecular flexibility index (Phi) is 5.38. The van der Waals surface area contributed by atoms with Gasteiger partial charge in [-0.15, -0.1) is 0 Å². The van der Waals surface area contributed by atoms with Gasteiger partial charge in [-0.1, -0.05) is 24.6 Å². The highest BCUT2D eigenvalue weighted by molar-refractivity contribution is 6.29. The summed E-state index contributed by atoms with van der Waals surface area (Å²) in [5.41, 5.74) is 3.98. The van der Waals surface area contributed by atoms with Gasteiger partial charge in [0.1, 0.15) is 11.8 Å². The van der Waals surface area contributed by atoms with E-state index in [2.05, 4.69) is 28.0 Å². The lowest BCUT2D eigenvalue weighted by Gasteiger charge is -2.25. The molecule has 0 fully saturated rings. The maximum atomic E-state index is 11.5. The second kappa shape index (κ2) is 7.70. The van der Waals surface area contributed by atoms with Crippen molar-refractivity contribution in [1.29, 1.82) is 0 Å². The number of esters is 1. The van der Waals surface area contributed by atoms with Crippen LogP contribution >= 0.6 is 11.6 Å². The zero-order valence-electron chi connectivity index (χ0n) is 14.4. The van der Waals surface area contributed by atoms with Crippen molar-refractivity contribution in [3.63, 3.8) is 0 Å². The Morgan fingerprint density at radius 3 is 2.84 bits per heavy atom. The second-order valence-corrected chi connectivity index (χ2v) is 6.48. The summed E-state index contributed by atoms with van der Waals surface area (Å²) in [6.07, 6.45) is 4.32. The maximum Gasteiger partial charge on any atom is 0.333 e. The van der Waals surface area contributed by atoms with E-state index in [0.29, 0.717) is 24.8 Å². The SMILES string of the molecule is CCCn1nc(C)cc1CN(Cc1ccc(Cl)nc1)C1=CC(=O)OC1. The van der Waals surface area contributed by atoms with Crippen LogP contribution in [0.2, 0.25) is 5.15 Å². The van der Waals surface area contributed by atoms with Gasteiger partial charge in [-0.3, -0.25) is 4.68 Å². The van der Waals surface area contributed by atoms with E-state index in [9.17, 15) is 4.79 Å². The smallest absolute Gasteiger partial charge is 0.333 e. The van der Waals surface area contributed by atoms with Gasteiger partial charge < -0.3 is 9.64 Å². The maximum absolute atomic E-state index is 11.5. The minimum absolute atomic E-state index is 0.292. The number of pyridine rings is 1. The molecule has 0 atom stereocenters. The van der Waals surface area contributed by atoms with Gasteiger partial charge >= 0.3 is 5.97 Å². The summed E-state index contributed by atoms with van der Waals surface area (Å²) in [6, 6.07) is 5.79. The van der Waals surface area contributed by atoms with Crippen molar-refractivity contribution in [1.82, 2.24) is 19.7 Å². The van der Waals surface area contributed by atoms with E-state index in [1.165, 1.54) is 0 Å². The molecule has 0 saturated carbocycles. The van der Waals surface area contributed by atoms with E-state index in [-0.39, 0.29) is 5.97 Å². The number of ether oxygens (including phenoxy) is 1. The van der Waals surface area contributed by atoms with Gasteiger partial charge in [0.05, 0.1) is 23.6 Å². The van der Waals surface area contributed by atoms with Gasteiger partial charge in [0, 0.05) is 25.4 Å². The van der Waals surface area contributed by atoms with Crippen LogP contribution in [0.5, 0.6) is 0 Å². The molecule has 3 heterocycles. The first kappa shape index (κ1) is 17.5. The molecule has 0 amide bonds. The van der Waals surface area contributed by atoms with Crippen molar-refractivity contribution < 1.29 is 9.53 Å². The molecule has 1 aliphatic heterocycles. The van der Waals surface area contributed by atoms with E-state index in [0.717, 1.165) is 35.6 Å². The molecule has 132 valence electrons. The minimum atomic E-state index is -0.299. The lowest BCUT2D eigenvalue weighted by atomic mass is 10.2. The minimum Gasteiger partial charge on any atom is -0.456 e. The fourth-order valence-corrected chi connectivity index (χ4v) is 2.97. The van der Waals surface area contributed by atoms with Gasteiger partial charge in [0.15, 0.2) is 0 Å². The molecule has 0 bridgehead atoms. The normalized spacial score (nSPS) is 13.7. The largest absolute Gasteiger partial charge is 0.456 e. The molecule has 2 aromatic rings. The van der Waals surface area contributed by atoms with E-state index >= 15 is 0 Å². The van der Waals surface area contributed by atoms with Gasteiger partial charge in [-0.25, -0.2) is 9.78 Å². The molecule has 0 aromatic carbocycles. The monoisotopic (exact) mass is 360 g/mol. The molecule has 7 heteroatoms. The molecule has 0 saturated heterocycles. The topological polar surface area (TPSA) is 60.2 Å². The number of aryl methyl sites for hydroxylation is 2. The first-order valence-electron chi connectivity index (χ1n) is 8.31. The number of aromatic nitrogens is 3. The number of halogens is 1. The first-order chi connectivity index (χ1) is 12.0. The molecule has 3 rings (SSSR count). The standard InChI is InChI=1S/C18H21ClN4O2/c1-3-6-23-15(7-13(2)21-23)11-22(16-8-18(24)25-12-16)10-14-4-5-17(19)20-9-14/h4-5,7-9H,3,6,10-12H2,1-2H3. The van der Waals surface area contributed by atoms with Crippen LogP contribution in [0, 0.1) is 6.92 Å². The van der Waals surface area contributed by atoms with E-state index in [4.69, 9.17) is 16.3 Å². The van der Waals surface area contributed by atoms with Crippen LogP contribution in [0.25, 0.3) is 0 Å². The summed E-state index contributed by atoms with van der Waals surface area (Å²) < 4.78 is 7.12. The van der Waals surface area contributed by atoms with Crippen LogP contribution in [0.4, 0.5) is 0 Å². The molecular formula is C18H21ClN4O2. The molecule has 25 heavy (non-hydrogen) atoms. The Bertz CT molecular complexity index is 783. The summed E-state index contributed by atoms with van der Waals surface area (Å²) in [7, 11) is 0. The zero-order valence-corrected chi connectivity index (χ0v) is 15.2. The van der Waals surface area contributed by atoms with Crippen molar-refractivity contribution in [2.24, 2.45) is 0 Å². The number of carbonyl (C=O) groups excluding carboxylic acids is 1. The highest BCUT2D eigenvalue weighted by Gasteiger charge is 2.21. The van der Waals surface area contributed by atoms with Gasteiger partial charge in [0.2, 0.25) is 0 Å². The van der Waals surface area contributed by atoms with Crippen LogP contribution in [0.3, 0.4) is 0 Å². The number of carbonyl (C=O) groups is 1. The molecular weight excluding hydrogens is 340 g/mol. The summed E-state index contributed by atoms with van der Waals surface area (Å²) in [4.78, 5) is 17.8. The van der Waals surface area contributed by atoms with Gasteiger partial charge in [-0.05, 0) is 31.0 Å². The average molecular weight is 361 g/mol. The third-order valence-corrected chi connectivity index (χ3v) is 4.21. The molecule has 0 radical (unpaired) electrons. The quantitative estimate of drug-likeness (QED) is 0.561. The van der Waals surface area contributed by atoms with Crippen molar-refractivity contribution >= 4 is 17.6 Å². The van der Waals surface area contributed by atoms with Crippen LogP contribution in [0.1, 0.15) is 30.3 Å². The van der Waals surface area contributed by atoms with Crippen LogP contribution < -0.4 is 0 Å². The summed E-state index contributed by atoms with van der Waals surface area (Å²) in [5, 5.41) is 5.02. The Balaban J connectivity index is 1.85. The predicted octanol–water partition coefficient (Wildman–Crippen LogP) is 3.09. The highest BCUT2D eigenvalue weighted by Crippen LogP contribution is 2.20. The number of hydrogen-bond acceptors (Lipinski definition) is 5. The molecule has 0 unspecified atom stereocenters. The molecule has 0 N–H and O–H groups in total. The van der Waals surface area contributed by atoms with Crippen LogP contribution in [0.15, 0.2) is 36.2 Å². The van der Waals surface area contributed by atoms with Gasteiger partial charge in [0.25, 0.3) is 0 Å². The highest BCUT2D eigenvalue weighted by atomic mass is 35.5. The molecule has 0 spiro atoms. The average Bonchev–Trinajstić information content (AvgIpc) is 3.15. The molecule has 6 nitrogen and oxygen atoms in total. The predicted molar refractivity (Wildman–Crippen MR) is 94.8 cm³/mol. The third-order valence-electron chi connectivity index (χ3n) is 3.99. The van der Waals surface area contributed by atoms with Crippen LogP contribution in [-0.2, 0) is 29.2 Å². The lowest BCUT2D eigenvalue weighted by molar-refractivity contribution is -0.135. The Morgan fingerprint density at radius 1 is 1.36 bits per heavy atom. The first-order valence-corrected chi connectivity index (χ1v) is 8.69. The lowest BCUT2D eigenvalue weighted by Crippen LogP contribution is -2.25. The molecule has 1 aliphatic rings. The van der Waals surface area contributed by atoms with Crippen LogP contribution in [-0.4, -0.2) is 32.2 Å². The summed E-state index contributed by atoms with van der Waals surface area (Å²) >= 11 is 5.87. The number of hydrogen-bond donors (Lipinski definition) is 0. The fourth-order valence-electron chi connectivity index (χ4n) is 2.85. The van der Waals surface area contributed by atoms with E-state index in [1.54, 1.807) is 18.3 Å². The number of cyclic esters (lactones) is 1. The summed E-state index contributed by atoms with van der Waals surface area (Å²) in [5.74, 6) is -0.299. The Morgan fingerprint density at radius 2 is 2.20 bits per heavy atom. The van der Waals surface area contributed by atoms with Crippen molar-refractivity contribution in [2.75, 3.05) is 6.61 Å². The molecule has 0 aliphatic carbocycles. The second-order valence-electron chi connectivity index (χ2n) is 6.09. The number of nitrogens with zero attached hydrogens (tertiary/aromatic N) is 4. The third kappa shape index (κ3) is 4.39. The Labute approximate surface area is 152 Å². The number of rotatable bonds is 7. The van der Waals surface area contributed by atoms with E-state index in [1.807, 2.05) is 17.7 Å². The van der Waals surface area contributed by atoms with Crippen molar-refractivity contribution in [3.8, 4) is 0 Å².